The van der Waals surface area contributed by atoms with Crippen LogP contribution >= 0.6 is 8.17 Å². The molecule has 0 saturated carbocycles. The Morgan fingerprint density at radius 3 is 1.75 bits per heavy atom. The van der Waals surface area contributed by atoms with E-state index in [1.54, 1.807) is 0 Å². The standard InChI is InChI=1S/C42H78NO8P/c1-6-8-10-12-14-16-18-20-21-23-25-27-29-31-33-35-42(45)51-40(39-50-52(46,47)49-37-36-43(3,4)5)38-48-41(44)34-32-30-28-26-24-22-19-17-15-13-11-9-7-2/h8,10,18,21,40H,6-7,9,11-17,19,22-39H2,1-5H3/p+1/b10-8+/t20?,40-/m1/s1. The number of hydrogen-bond donors (Lipinski definition) is 1. The van der Waals surface area contributed by atoms with Crippen LogP contribution in [0.5, 0.6) is 0 Å². The number of hydrogen-bond acceptors (Lipinski definition) is 8. The van der Waals surface area contributed by atoms with Gasteiger partial charge in [0.1, 0.15) is 26.4 Å². The minimum absolute atomic E-state index is 0.0278. The molecule has 0 aliphatic rings. The van der Waals surface area contributed by atoms with E-state index in [2.05, 4.69) is 43.9 Å². The number of carbonyl (C=O) groups is 2. The molecule has 1 unspecified atom stereocenters. The molecule has 0 aliphatic carbocycles. The van der Waals surface area contributed by atoms with E-state index in [0.717, 1.165) is 77.0 Å². The smallest absolute Gasteiger partial charge is 0.377 e. The van der Waals surface area contributed by atoms with Gasteiger partial charge in [-0.1, -0.05) is 122 Å². The lowest BCUT2D eigenvalue weighted by Gasteiger charge is -2.26. The van der Waals surface area contributed by atoms with Crippen LogP contribution in [0.3, 0.4) is 0 Å². The number of nitrogens with zero attached hydrogens (tertiary/aromatic N) is 1. The van der Waals surface area contributed by atoms with Gasteiger partial charge in [0, 0.05) is 12.8 Å². The second-order valence-corrected chi connectivity index (χ2v) is 16.5. The highest BCUT2D eigenvalue weighted by Gasteiger charge is 2.31. The lowest BCUT2D eigenvalue weighted by atomic mass is 10.0. The van der Waals surface area contributed by atoms with Gasteiger partial charge in [-0.15, -0.1) is 5.73 Å². The van der Waals surface area contributed by atoms with Crippen LogP contribution < -0.4 is 4.89 Å². The Hall–Kier alpha value is -1.57. The zero-order chi connectivity index (χ0) is 38.6. The first-order chi connectivity index (χ1) is 25.0. The first kappa shape index (κ1) is 50.4. The fourth-order valence-corrected chi connectivity index (χ4v) is 6.21. The van der Waals surface area contributed by atoms with Gasteiger partial charge in [0.15, 0.2) is 6.10 Å². The lowest BCUT2D eigenvalue weighted by molar-refractivity contribution is -0.870. The number of phosphoric ester groups is 1. The maximum atomic E-state index is 12.6. The quantitative estimate of drug-likeness (QED) is 0.0166. The molecule has 0 aromatic rings. The van der Waals surface area contributed by atoms with Crippen LogP contribution in [-0.2, 0) is 28.1 Å². The minimum atomic E-state index is -4.37. The average Bonchev–Trinajstić information content (AvgIpc) is 3.09. The molecule has 0 spiro atoms. The second kappa shape index (κ2) is 35.2. The molecule has 0 heterocycles. The summed E-state index contributed by atoms with van der Waals surface area (Å²) in [7, 11) is 1.46. The van der Waals surface area contributed by atoms with Crippen molar-refractivity contribution in [1.82, 2.24) is 0 Å². The number of likely N-dealkylation sites (N-methyl/N-ethyl adjacent to an activating group) is 1. The van der Waals surface area contributed by atoms with Gasteiger partial charge < -0.3 is 18.9 Å². The van der Waals surface area contributed by atoms with Crippen molar-refractivity contribution in [2.75, 3.05) is 47.5 Å². The van der Waals surface area contributed by atoms with Crippen molar-refractivity contribution in [1.29, 1.82) is 0 Å². The molecule has 0 radical (unpaired) electrons. The second-order valence-electron chi connectivity index (χ2n) is 15.1. The molecule has 0 amide bonds. The van der Waals surface area contributed by atoms with Crippen LogP contribution in [0.4, 0.5) is 0 Å². The Morgan fingerprint density at radius 1 is 0.673 bits per heavy atom. The Balaban J connectivity index is 4.43. The van der Waals surface area contributed by atoms with Crippen LogP contribution in [0.15, 0.2) is 30.0 Å². The van der Waals surface area contributed by atoms with E-state index in [1.807, 2.05) is 21.1 Å². The fourth-order valence-electron chi connectivity index (χ4n) is 5.47. The number of ether oxygens (including phenoxy) is 2. The Kier molecular flexibility index (Phi) is 34.1. The Morgan fingerprint density at radius 2 is 1.19 bits per heavy atom. The summed E-state index contributed by atoms with van der Waals surface area (Å²) < 4.78 is 21.8. The largest absolute Gasteiger partial charge is 0.606 e. The summed E-state index contributed by atoms with van der Waals surface area (Å²) in [6.07, 6.45) is 34.3. The predicted octanol–water partition coefficient (Wildman–Crippen LogP) is 10.3. The first-order valence-corrected chi connectivity index (χ1v) is 22.3. The summed E-state index contributed by atoms with van der Waals surface area (Å²) in [6, 6.07) is 0. The summed E-state index contributed by atoms with van der Waals surface area (Å²) in [5.41, 5.74) is 3.27. The van der Waals surface area contributed by atoms with Crippen LogP contribution in [0.25, 0.3) is 0 Å². The van der Waals surface area contributed by atoms with Gasteiger partial charge >= 0.3 is 20.1 Å². The van der Waals surface area contributed by atoms with Gasteiger partial charge in [-0.3, -0.25) is 9.59 Å². The van der Waals surface area contributed by atoms with Crippen molar-refractivity contribution < 1.29 is 42.4 Å². The SMILES string of the molecule is CC/C=C/CCCC=C=CCCCCCCCC(=O)O[C@H](COC(=O)CCCCCCCCCCCCCCC)CO[P+]([O-])(O)OCC[N+](C)(C)C. The molecular formula is C42H79NO8P+. The number of esters is 2. The highest BCUT2D eigenvalue weighted by atomic mass is 31.2. The van der Waals surface area contributed by atoms with Crippen molar-refractivity contribution in [3.05, 3.63) is 30.0 Å². The highest BCUT2D eigenvalue weighted by molar-refractivity contribution is 7.52. The first-order valence-electron chi connectivity index (χ1n) is 20.8. The van der Waals surface area contributed by atoms with Gasteiger partial charge in [-0.25, -0.2) is 0 Å². The van der Waals surface area contributed by atoms with Gasteiger partial charge in [0.25, 0.3) is 0 Å². The monoisotopic (exact) mass is 757 g/mol. The van der Waals surface area contributed by atoms with Gasteiger partial charge in [0.05, 0.1) is 21.1 Å². The summed E-state index contributed by atoms with van der Waals surface area (Å²) in [5.74, 6) is -0.821. The number of phosphoric acid groups is 1. The molecular weight excluding hydrogens is 677 g/mol. The number of unbranched alkanes of at least 4 members (excludes halogenated alkanes) is 19. The maximum Gasteiger partial charge on any atom is 0.377 e. The molecule has 0 aromatic heterocycles. The van der Waals surface area contributed by atoms with E-state index in [0.29, 0.717) is 17.4 Å². The number of carbonyl (C=O) groups excluding carboxylic acids is 2. The van der Waals surface area contributed by atoms with E-state index >= 15 is 0 Å². The van der Waals surface area contributed by atoms with Crippen molar-refractivity contribution in [2.24, 2.45) is 0 Å². The van der Waals surface area contributed by atoms with Gasteiger partial charge in [-0.05, 0) is 63.5 Å². The van der Waals surface area contributed by atoms with Crippen molar-refractivity contribution in [3.8, 4) is 0 Å². The molecule has 52 heavy (non-hydrogen) atoms. The van der Waals surface area contributed by atoms with E-state index in [1.165, 1.54) is 64.2 Å². The lowest BCUT2D eigenvalue weighted by Crippen LogP contribution is -2.38. The van der Waals surface area contributed by atoms with Crippen LogP contribution in [0, 0.1) is 0 Å². The van der Waals surface area contributed by atoms with Gasteiger partial charge in [-0.2, -0.15) is 13.9 Å². The topological polar surface area (TPSA) is 114 Å². The summed E-state index contributed by atoms with van der Waals surface area (Å²) in [4.78, 5) is 47.7. The number of allylic oxidation sites excluding steroid dienone is 3. The normalized spacial score (nSPS) is 13.4. The van der Waals surface area contributed by atoms with Crippen LogP contribution in [0.1, 0.15) is 174 Å². The van der Waals surface area contributed by atoms with Crippen LogP contribution in [0.2, 0.25) is 0 Å². The van der Waals surface area contributed by atoms with Crippen molar-refractivity contribution >= 4 is 20.1 Å². The molecule has 0 aromatic carbocycles. The van der Waals surface area contributed by atoms with Crippen LogP contribution in [-0.4, -0.2) is 74.9 Å². The van der Waals surface area contributed by atoms with Crippen molar-refractivity contribution in [3.63, 3.8) is 0 Å². The molecule has 0 bridgehead atoms. The molecule has 0 saturated heterocycles. The van der Waals surface area contributed by atoms with Gasteiger partial charge in [0.2, 0.25) is 0 Å². The third kappa shape index (κ3) is 38.2. The Bertz CT molecular complexity index is 943. The summed E-state index contributed by atoms with van der Waals surface area (Å²) >= 11 is 0. The molecule has 9 nitrogen and oxygen atoms in total. The average molecular weight is 757 g/mol. The maximum absolute atomic E-state index is 12.6. The molecule has 0 fully saturated rings. The third-order valence-electron chi connectivity index (χ3n) is 8.74. The molecule has 1 N–H and O–H groups in total. The van der Waals surface area contributed by atoms with E-state index in [4.69, 9.17) is 18.5 Å². The third-order valence-corrected chi connectivity index (χ3v) is 9.72. The predicted molar refractivity (Wildman–Crippen MR) is 213 cm³/mol. The van der Waals surface area contributed by atoms with E-state index in [9.17, 15) is 19.4 Å². The van der Waals surface area contributed by atoms with E-state index in [-0.39, 0.29) is 32.0 Å². The minimum Gasteiger partial charge on any atom is -0.606 e. The number of quaternary nitrogens is 1. The Labute approximate surface area is 319 Å². The van der Waals surface area contributed by atoms with Crippen molar-refractivity contribution in [2.45, 2.75) is 180 Å². The number of rotatable bonds is 37. The molecule has 304 valence electrons. The molecule has 0 aliphatic heterocycles. The zero-order valence-corrected chi connectivity index (χ0v) is 35.0. The molecule has 0 rings (SSSR count). The molecule has 10 heteroatoms. The fraction of sp³-hybridized carbons (Fsp3) is 0.833. The summed E-state index contributed by atoms with van der Waals surface area (Å²) in [5, 5.41) is 0. The molecule has 2 atom stereocenters. The highest BCUT2D eigenvalue weighted by Crippen LogP contribution is 2.47. The zero-order valence-electron chi connectivity index (χ0n) is 34.1. The summed E-state index contributed by atoms with van der Waals surface area (Å²) in [6.45, 7) is 4.29. The van der Waals surface area contributed by atoms with E-state index < -0.39 is 26.9 Å².